The lowest BCUT2D eigenvalue weighted by molar-refractivity contribution is 0.0476. The van der Waals surface area contributed by atoms with Gasteiger partial charge in [-0.05, 0) is 28.1 Å². The van der Waals surface area contributed by atoms with E-state index in [9.17, 15) is 9.18 Å². The van der Waals surface area contributed by atoms with E-state index in [2.05, 4.69) is 20.7 Å². The van der Waals surface area contributed by atoms with E-state index in [4.69, 9.17) is 9.84 Å². The van der Waals surface area contributed by atoms with Crippen molar-refractivity contribution in [1.29, 1.82) is 0 Å². The molecule has 0 bridgehead atoms. The van der Waals surface area contributed by atoms with E-state index in [0.29, 0.717) is 0 Å². The highest BCUT2D eigenvalue weighted by molar-refractivity contribution is 9.10. The molecule has 1 aromatic rings. The van der Waals surface area contributed by atoms with E-state index in [0.717, 1.165) is 0 Å². The number of carboxylic acids is 1. The maximum Gasteiger partial charge on any atom is 0.339 e. The smallest absolute Gasteiger partial charge is 0.339 e. The van der Waals surface area contributed by atoms with Crippen molar-refractivity contribution in [3.8, 4) is 5.75 Å². The maximum atomic E-state index is 13.5. The van der Waals surface area contributed by atoms with Crippen LogP contribution in [0.25, 0.3) is 0 Å². The predicted molar refractivity (Wildman–Crippen MR) is 53.6 cm³/mol. The fourth-order valence-electron chi connectivity index (χ4n) is 0.963. The molecule has 6 heteroatoms. The SMILES string of the molecule is COCOc1ccc(Br)c(C(=O)O)c1F. The molecule has 0 unspecified atom stereocenters. The number of rotatable bonds is 4. The van der Waals surface area contributed by atoms with Crippen LogP contribution in [0, 0.1) is 5.82 Å². The minimum Gasteiger partial charge on any atom is -0.478 e. The summed E-state index contributed by atoms with van der Waals surface area (Å²) in [6.45, 7) is -0.141. The highest BCUT2D eigenvalue weighted by Crippen LogP contribution is 2.27. The van der Waals surface area contributed by atoms with Crippen LogP contribution >= 0.6 is 15.9 Å². The lowest BCUT2D eigenvalue weighted by Crippen LogP contribution is -2.06. The third-order valence-electron chi connectivity index (χ3n) is 1.60. The van der Waals surface area contributed by atoms with Gasteiger partial charge in [-0.25, -0.2) is 9.18 Å². The van der Waals surface area contributed by atoms with Gasteiger partial charge in [0.1, 0.15) is 5.56 Å². The highest BCUT2D eigenvalue weighted by atomic mass is 79.9. The minimum atomic E-state index is -1.36. The molecule has 1 aromatic carbocycles. The summed E-state index contributed by atoms with van der Waals surface area (Å²) in [4.78, 5) is 10.7. The third kappa shape index (κ3) is 2.66. The molecule has 0 aliphatic rings. The van der Waals surface area contributed by atoms with Gasteiger partial charge in [-0.3, -0.25) is 0 Å². The molecule has 1 rings (SSSR count). The second-order valence-electron chi connectivity index (χ2n) is 2.59. The van der Waals surface area contributed by atoms with E-state index < -0.39 is 17.3 Å². The van der Waals surface area contributed by atoms with Gasteiger partial charge in [0.2, 0.25) is 0 Å². The Labute approximate surface area is 93.7 Å². The van der Waals surface area contributed by atoms with Gasteiger partial charge in [0.15, 0.2) is 18.4 Å². The van der Waals surface area contributed by atoms with Crippen LogP contribution in [0.1, 0.15) is 10.4 Å². The highest BCUT2D eigenvalue weighted by Gasteiger charge is 2.18. The fraction of sp³-hybridized carbons (Fsp3) is 0.222. The van der Waals surface area contributed by atoms with Crippen molar-refractivity contribution in [2.45, 2.75) is 0 Å². The molecule has 0 radical (unpaired) electrons. The molecule has 4 nitrogen and oxygen atoms in total. The van der Waals surface area contributed by atoms with Gasteiger partial charge >= 0.3 is 5.97 Å². The van der Waals surface area contributed by atoms with Crippen LogP contribution in [0.2, 0.25) is 0 Å². The summed E-state index contributed by atoms with van der Waals surface area (Å²) < 4.78 is 23.1. The van der Waals surface area contributed by atoms with Gasteiger partial charge < -0.3 is 14.6 Å². The Balaban J connectivity index is 3.11. The van der Waals surface area contributed by atoms with Crippen molar-refractivity contribution in [3.63, 3.8) is 0 Å². The molecule has 15 heavy (non-hydrogen) atoms. The Morgan fingerprint density at radius 3 is 2.80 bits per heavy atom. The van der Waals surface area contributed by atoms with E-state index in [-0.39, 0.29) is 17.0 Å². The van der Waals surface area contributed by atoms with Crippen LogP contribution in [0.4, 0.5) is 4.39 Å². The summed E-state index contributed by atoms with van der Waals surface area (Å²) in [5.41, 5.74) is -0.455. The quantitative estimate of drug-likeness (QED) is 0.859. The van der Waals surface area contributed by atoms with Crippen molar-refractivity contribution in [2.75, 3.05) is 13.9 Å². The Kier molecular flexibility index (Phi) is 4.05. The Morgan fingerprint density at radius 2 is 2.27 bits per heavy atom. The second-order valence-corrected chi connectivity index (χ2v) is 3.44. The zero-order chi connectivity index (χ0) is 11.4. The minimum absolute atomic E-state index is 0.141. The van der Waals surface area contributed by atoms with Crippen LogP contribution in [-0.2, 0) is 4.74 Å². The van der Waals surface area contributed by atoms with Gasteiger partial charge in [-0.15, -0.1) is 0 Å². The maximum absolute atomic E-state index is 13.5. The summed E-state index contributed by atoms with van der Waals surface area (Å²) in [6.07, 6.45) is 0. The molecule has 0 atom stereocenters. The molecule has 0 saturated heterocycles. The molecular weight excluding hydrogens is 271 g/mol. The molecule has 1 N–H and O–H groups in total. The van der Waals surface area contributed by atoms with Crippen molar-refractivity contribution in [1.82, 2.24) is 0 Å². The molecule has 0 aliphatic heterocycles. The van der Waals surface area contributed by atoms with Gasteiger partial charge in [-0.2, -0.15) is 0 Å². The standard InChI is InChI=1S/C9H8BrFO4/c1-14-4-15-6-3-2-5(10)7(8(6)11)9(12)13/h2-3H,4H2,1H3,(H,12,13). The fourth-order valence-corrected chi connectivity index (χ4v) is 1.44. The largest absolute Gasteiger partial charge is 0.478 e. The van der Waals surface area contributed by atoms with Crippen molar-refractivity contribution in [3.05, 3.63) is 28.0 Å². The summed E-state index contributed by atoms with van der Waals surface area (Å²) in [5, 5.41) is 8.74. The van der Waals surface area contributed by atoms with Gasteiger partial charge in [0.05, 0.1) is 0 Å². The Hall–Kier alpha value is -1.14. The number of hydrogen-bond donors (Lipinski definition) is 1. The second kappa shape index (κ2) is 5.09. The van der Waals surface area contributed by atoms with E-state index in [1.807, 2.05) is 0 Å². The van der Waals surface area contributed by atoms with E-state index in [1.165, 1.54) is 19.2 Å². The van der Waals surface area contributed by atoms with Gasteiger partial charge in [0.25, 0.3) is 0 Å². The monoisotopic (exact) mass is 278 g/mol. The first-order valence-corrected chi connectivity index (χ1v) is 4.70. The van der Waals surface area contributed by atoms with E-state index >= 15 is 0 Å². The average molecular weight is 279 g/mol. The predicted octanol–water partition coefficient (Wildman–Crippen LogP) is 2.27. The molecule has 0 aliphatic carbocycles. The number of carboxylic acid groups (broad SMARTS) is 1. The van der Waals surface area contributed by atoms with Crippen LogP contribution < -0.4 is 4.74 Å². The van der Waals surface area contributed by atoms with Crippen molar-refractivity contribution in [2.24, 2.45) is 0 Å². The van der Waals surface area contributed by atoms with Crippen molar-refractivity contribution >= 4 is 21.9 Å². The number of benzene rings is 1. The lowest BCUT2D eigenvalue weighted by atomic mass is 10.2. The van der Waals surface area contributed by atoms with Gasteiger partial charge in [-0.1, -0.05) is 0 Å². The molecule has 0 spiro atoms. The number of hydrogen-bond acceptors (Lipinski definition) is 3. The first kappa shape index (κ1) is 11.9. The number of carbonyl (C=O) groups is 1. The molecule has 0 amide bonds. The molecule has 0 saturated carbocycles. The number of ether oxygens (including phenoxy) is 2. The molecule has 0 heterocycles. The molecule has 0 fully saturated rings. The van der Waals surface area contributed by atoms with Crippen LogP contribution in [0.3, 0.4) is 0 Å². The zero-order valence-electron chi connectivity index (χ0n) is 7.79. The topological polar surface area (TPSA) is 55.8 Å². The number of halogens is 2. The first-order valence-electron chi connectivity index (χ1n) is 3.91. The van der Waals surface area contributed by atoms with Gasteiger partial charge in [0, 0.05) is 11.6 Å². The summed E-state index contributed by atoms with van der Waals surface area (Å²) >= 11 is 2.94. The molecular formula is C9H8BrFO4. The van der Waals surface area contributed by atoms with Crippen LogP contribution in [0.5, 0.6) is 5.75 Å². The average Bonchev–Trinajstić information content (AvgIpc) is 2.16. The van der Waals surface area contributed by atoms with Crippen molar-refractivity contribution < 1.29 is 23.8 Å². The van der Waals surface area contributed by atoms with Crippen LogP contribution in [-0.4, -0.2) is 25.0 Å². The third-order valence-corrected chi connectivity index (χ3v) is 2.26. The normalized spacial score (nSPS) is 10.1. The van der Waals surface area contributed by atoms with Crippen LogP contribution in [0.15, 0.2) is 16.6 Å². The Bertz CT molecular complexity index is 381. The Morgan fingerprint density at radius 1 is 1.60 bits per heavy atom. The zero-order valence-corrected chi connectivity index (χ0v) is 9.38. The van der Waals surface area contributed by atoms with E-state index in [1.54, 1.807) is 0 Å². The lowest BCUT2D eigenvalue weighted by Gasteiger charge is -2.08. The first-order chi connectivity index (χ1) is 7.07. The summed E-state index contributed by atoms with van der Waals surface area (Å²) in [7, 11) is 1.38. The molecule has 0 aromatic heterocycles. The number of methoxy groups -OCH3 is 1. The summed E-state index contributed by atoms with van der Waals surface area (Å²) in [6, 6.07) is 2.72. The number of aromatic carboxylic acids is 1. The molecule has 82 valence electrons. The summed E-state index contributed by atoms with van der Waals surface area (Å²) in [5.74, 6) is -2.44.